The maximum Gasteiger partial charge on any atom is 0.0125 e. The molecule has 0 aliphatic carbocycles. The summed E-state index contributed by atoms with van der Waals surface area (Å²) in [4.78, 5) is 8.16. The van der Waals surface area contributed by atoms with Crippen LogP contribution in [0.5, 0.6) is 0 Å². The van der Waals surface area contributed by atoms with Gasteiger partial charge in [0.15, 0.2) is 0 Å². The number of piperidine rings is 2. The van der Waals surface area contributed by atoms with Gasteiger partial charge in [-0.25, -0.2) is 0 Å². The van der Waals surface area contributed by atoms with E-state index in [1.807, 2.05) is 0 Å². The second-order valence-electron chi connectivity index (χ2n) is 10.5. The van der Waals surface area contributed by atoms with Crippen LogP contribution in [-0.4, -0.2) is 71.1 Å². The summed E-state index contributed by atoms with van der Waals surface area (Å²) < 4.78 is 0. The molecule has 0 aromatic heterocycles. The first kappa shape index (κ1) is 17.7. The summed E-state index contributed by atoms with van der Waals surface area (Å²) in [5.74, 6) is 0. The molecule has 0 atom stereocenters. The van der Waals surface area contributed by atoms with Crippen LogP contribution in [0, 0.1) is 5.41 Å². The van der Waals surface area contributed by atoms with Crippen molar-refractivity contribution in [3.8, 4) is 0 Å². The Labute approximate surface area is 144 Å². The van der Waals surface area contributed by atoms with E-state index in [0.717, 1.165) is 6.04 Å². The van der Waals surface area contributed by atoms with Crippen molar-refractivity contribution in [2.75, 3.05) is 39.3 Å². The third-order valence-corrected chi connectivity index (χ3v) is 6.78. The molecule has 0 bridgehead atoms. The topological polar surface area (TPSA) is 9.72 Å². The second kappa shape index (κ2) is 6.00. The molecule has 23 heavy (non-hydrogen) atoms. The standard InChI is InChI=1S/C20H39N3/c1-18(2,3)22-11-7-17(8-12-22)21-15-20(16-21)9-13-23(14-10-20)19(4,5)6/h17H,7-16H2,1-6H3. The van der Waals surface area contributed by atoms with Crippen LogP contribution < -0.4 is 0 Å². The highest BCUT2D eigenvalue weighted by molar-refractivity contribution is 5.02. The van der Waals surface area contributed by atoms with Crippen molar-refractivity contribution in [2.45, 2.75) is 84.3 Å². The fraction of sp³-hybridized carbons (Fsp3) is 1.00. The van der Waals surface area contributed by atoms with E-state index in [9.17, 15) is 0 Å². The molecule has 0 N–H and O–H groups in total. The summed E-state index contributed by atoms with van der Waals surface area (Å²) in [5, 5.41) is 0. The maximum absolute atomic E-state index is 2.81. The van der Waals surface area contributed by atoms with Gasteiger partial charge in [0.05, 0.1) is 0 Å². The van der Waals surface area contributed by atoms with Gasteiger partial charge in [0.2, 0.25) is 0 Å². The Balaban J connectivity index is 1.44. The molecule has 0 radical (unpaired) electrons. The second-order valence-corrected chi connectivity index (χ2v) is 10.5. The van der Waals surface area contributed by atoms with E-state index >= 15 is 0 Å². The lowest BCUT2D eigenvalue weighted by Crippen LogP contribution is -2.65. The van der Waals surface area contributed by atoms with Crippen LogP contribution in [-0.2, 0) is 0 Å². The predicted molar refractivity (Wildman–Crippen MR) is 98.9 cm³/mol. The molecule has 0 aromatic carbocycles. The Hall–Kier alpha value is -0.120. The minimum atomic E-state index is 0.348. The van der Waals surface area contributed by atoms with Gasteiger partial charge < -0.3 is 0 Å². The average molecular weight is 322 g/mol. The number of rotatable bonds is 1. The van der Waals surface area contributed by atoms with E-state index in [0.29, 0.717) is 16.5 Å². The zero-order valence-electron chi connectivity index (χ0n) is 16.5. The highest BCUT2D eigenvalue weighted by Gasteiger charge is 2.48. The lowest BCUT2D eigenvalue weighted by Gasteiger charge is -2.59. The van der Waals surface area contributed by atoms with Crippen LogP contribution in [0.4, 0.5) is 0 Å². The summed E-state index contributed by atoms with van der Waals surface area (Å²) in [5.41, 5.74) is 1.37. The first-order valence-electron chi connectivity index (χ1n) is 9.83. The first-order chi connectivity index (χ1) is 10.6. The van der Waals surface area contributed by atoms with E-state index in [1.165, 1.54) is 65.0 Å². The van der Waals surface area contributed by atoms with Crippen LogP contribution in [0.1, 0.15) is 67.2 Å². The normalized spacial score (nSPS) is 29.0. The van der Waals surface area contributed by atoms with Gasteiger partial charge in [0, 0.05) is 43.3 Å². The van der Waals surface area contributed by atoms with Crippen molar-refractivity contribution < 1.29 is 0 Å². The van der Waals surface area contributed by atoms with Gasteiger partial charge in [0.25, 0.3) is 0 Å². The zero-order chi connectivity index (χ0) is 16.9. The van der Waals surface area contributed by atoms with Gasteiger partial charge in [-0.05, 0) is 85.7 Å². The summed E-state index contributed by atoms with van der Waals surface area (Å²) in [6.45, 7) is 22.1. The Morgan fingerprint density at radius 2 is 1.13 bits per heavy atom. The highest BCUT2D eigenvalue weighted by Crippen LogP contribution is 2.43. The van der Waals surface area contributed by atoms with Crippen molar-refractivity contribution in [3.05, 3.63) is 0 Å². The molecule has 1 spiro atoms. The highest BCUT2D eigenvalue weighted by atomic mass is 15.3. The van der Waals surface area contributed by atoms with Crippen LogP contribution in [0.15, 0.2) is 0 Å². The number of likely N-dealkylation sites (tertiary alicyclic amines) is 3. The predicted octanol–water partition coefficient (Wildman–Crippen LogP) is 3.45. The molecule has 3 nitrogen and oxygen atoms in total. The van der Waals surface area contributed by atoms with Crippen LogP contribution in [0.2, 0.25) is 0 Å². The third-order valence-electron chi connectivity index (χ3n) is 6.78. The van der Waals surface area contributed by atoms with Gasteiger partial charge in [-0.15, -0.1) is 0 Å². The maximum atomic E-state index is 2.81. The lowest BCUT2D eigenvalue weighted by molar-refractivity contribution is -0.0931. The fourth-order valence-electron chi connectivity index (χ4n) is 4.94. The molecule has 3 heterocycles. The van der Waals surface area contributed by atoms with E-state index < -0.39 is 0 Å². The van der Waals surface area contributed by atoms with E-state index in [4.69, 9.17) is 0 Å². The molecule has 3 aliphatic rings. The smallest absolute Gasteiger partial charge is 0.0125 e. The molecule has 0 amide bonds. The molecule has 3 rings (SSSR count). The Morgan fingerprint density at radius 3 is 1.57 bits per heavy atom. The Morgan fingerprint density at radius 1 is 0.696 bits per heavy atom. The third kappa shape index (κ3) is 3.77. The van der Waals surface area contributed by atoms with Crippen molar-refractivity contribution in [1.29, 1.82) is 0 Å². The van der Waals surface area contributed by atoms with Crippen molar-refractivity contribution in [3.63, 3.8) is 0 Å². The van der Waals surface area contributed by atoms with Gasteiger partial charge in [-0.3, -0.25) is 14.7 Å². The van der Waals surface area contributed by atoms with Crippen molar-refractivity contribution in [1.82, 2.24) is 14.7 Å². The van der Waals surface area contributed by atoms with Crippen LogP contribution >= 0.6 is 0 Å². The molecule has 0 aromatic rings. The largest absolute Gasteiger partial charge is 0.299 e. The number of nitrogens with zero attached hydrogens (tertiary/aromatic N) is 3. The zero-order valence-corrected chi connectivity index (χ0v) is 16.5. The van der Waals surface area contributed by atoms with Gasteiger partial charge >= 0.3 is 0 Å². The molecule has 0 saturated carbocycles. The van der Waals surface area contributed by atoms with Gasteiger partial charge in [-0.2, -0.15) is 0 Å². The van der Waals surface area contributed by atoms with Gasteiger partial charge in [-0.1, -0.05) is 0 Å². The molecule has 3 saturated heterocycles. The number of hydrogen-bond acceptors (Lipinski definition) is 3. The van der Waals surface area contributed by atoms with E-state index in [2.05, 4.69) is 56.2 Å². The Kier molecular flexibility index (Phi) is 4.61. The molecule has 3 fully saturated rings. The molecular weight excluding hydrogens is 282 g/mol. The minimum absolute atomic E-state index is 0.348. The van der Waals surface area contributed by atoms with E-state index in [1.54, 1.807) is 0 Å². The van der Waals surface area contributed by atoms with Crippen molar-refractivity contribution >= 4 is 0 Å². The Bertz CT molecular complexity index is 394. The minimum Gasteiger partial charge on any atom is -0.299 e. The first-order valence-corrected chi connectivity index (χ1v) is 9.83. The fourth-order valence-corrected chi connectivity index (χ4v) is 4.94. The van der Waals surface area contributed by atoms with Crippen LogP contribution in [0.3, 0.4) is 0 Å². The lowest BCUT2D eigenvalue weighted by atomic mass is 9.70. The van der Waals surface area contributed by atoms with E-state index in [-0.39, 0.29) is 0 Å². The molecule has 3 aliphatic heterocycles. The number of hydrogen-bond donors (Lipinski definition) is 0. The summed E-state index contributed by atoms with van der Waals surface area (Å²) >= 11 is 0. The SMILES string of the molecule is CC(C)(C)N1CCC(N2CC3(CCN(C(C)(C)C)CC3)C2)CC1. The van der Waals surface area contributed by atoms with Gasteiger partial charge in [0.1, 0.15) is 0 Å². The molecule has 3 heteroatoms. The quantitative estimate of drug-likeness (QED) is 0.732. The monoisotopic (exact) mass is 321 g/mol. The van der Waals surface area contributed by atoms with Crippen LogP contribution in [0.25, 0.3) is 0 Å². The molecular formula is C20H39N3. The summed E-state index contributed by atoms with van der Waals surface area (Å²) in [6, 6.07) is 0.861. The van der Waals surface area contributed by atoms with Crippen molar-refractivity contribution in [2.24, 2.45) is 5.41 Å². The molecule has 0 unspecified atom stereocenters. The summed E-state index contributed by atoms with van der Waals surface area (Å²) in [6.07, 6.45) is 5.59. The molecule has 134 valence electrons. The average Bonchev–Trinajstić information content (AvgIpc) is 2.43. The summed E-state index contributed by atoms with van der Waals surface area (Å²) in [7, 11) is 0.